The van der Waals surface area contributed by atoms with Crippen LogP contribution in [-0.4, -0.2) is 15.5 Å². The molecule has 0 fully saturated rings. The van der Waals surface area contributed by atoms with Gasteiger partial charge in [-0.2, -0.15) is 0 Å². The van der Waals surface area contributed by atoms with E-state index in [1.807, 2.05) is 42.1 Å². The van der Waals surface area contributed by atoms with Crippen LogP contribution in [-0.2, 0) is 11.8 Å². The topological polar surface area (TPSA) is 46.9 Å². The fraction of sp³-hybridized carbons (Fsp3) is 0.333. The van der Waals surface area contributed by atoms with E-state index in [9.17, 15) is 4.79 Å². The van der Waals surface area contributed by atoms with Crippen molar-refractivity contribution in [2.45, 2.75) is 25.3 Å². The van der Waals surface area contributed by atoms with Crippen LogP contribution in [0.25, 0.3) is 0 Å². The second kappa shape index (κ2) is 7.01. The number of nitrogens with one attached hydrogen (secondary N) is 1. The quantitative estimate of drug-likeness (QED) is 0.871. The van der Waals surface area contributed by atoms with Gasteiger partial charge in [0, 0.05) is 30.4 Å². The number of hydrogen-bond acceptors (Lipinski definition) is 2. The number of halogens is 1. The second-order valence-electron chi connectivity index (χ2n) is 5.87. The first kappa shape index (κ1) is 15.8. The van der Waals surface area contributed by atoms with Gasteiger partial charge in [-0.1, -0.05) is 35.9 Å². The van der Waals surface area contributed by atoms with E-state index in [2.05, 4.69) is 22.5 Å². The lowest BCUT2D eigenvalue weighted by atomic mass is 9.93. The molecular weight excluding hydrogens is 310 g/mol. The number of allylic oxidation sites excluding steroid dienone is 2. The summed E-state index contributed by atoms with van der Waals surface area (Å²) in [6, 6.07) is 7.27. The Morgan fingerprint density at radius 3 is 2.74 bits per heavy atom. The number of aryl methyl sites for hydroxylation is 1. The first-order valence-corrected chi connectivity index (χ1v) is 8.21. The van der Waals surface area contributed by atoms with Crippen LogP contribution < -0.4 is 5.32 Å². The van der Waals surface area contributed by atoms with Crippen LogP contribution in [0.4, 0.5) is 0 Å². The van der Waals surface area contributed by atoms with Crippen LogP contribution >= 0.6 is 11.6 Å². The summed E-state index contributed by atoms with van der Waals surface area (Å²) in [6.07, 6.45) is 10.5. The van der Waals surface area contributed by atoms with Crippen LogP contribution in [0.15, 0.2) is 48.8 Å². The molecule has 1 amide bonds. The van der Waals surface area contributed by atoms with Gasteiger partial charge in [-0.15, -0.1) is 0 Å². The molecule has 1 N–H and O–H groups in total. The second-order valence-corrected chi connectivity index (χ2v) is 6.31. The predicted molar refractivity (Wildman–Crippen MR) is 91.1 cm³/mol. The largest absolute Gasteiger partial charge is 0.342 e. The van der Waals surface area contributed by atoms with E-state index in [-0.39, 0.29) is 17.9 Å². The molecule has 0 saturated carbocycles. The molecule has 1 aliphatic rings. The average molecular weight is 330 g/mol. The van der Waals surface area contributed by atoms with Gasteiger partial charge in [0.2, 0.25) is 5.91 Å². The van der Waals surface area contributed by atoms with E-state index < -0.39 is 0 Å². The normalized spacial score (nSPS) is 18.6. The van der Waals surface area contributed by atoms with E-state index in [0.717, 1.165) is 30.7 Å². The van der Waals surface area contributed by atoms with Gasteiger partial charge in [0.1, 0.15) is 11.9 Å². The first-order chi connectivity index (χ1) is 11.1. The first-order valence-electron chi connectivity index (χ1n) is 7.83. The number of nitrogens with zero attached hydrogens (tertiary/aromatic N) is 2. The van der Waals surface area contributed by atoms with Crippen molar-refractivity contribution in [3.63, 3.8) is 0 Å². The molecule has 1 aliphatic carbocycles. The molecule has 0 bridgehead atoms. The number of benzene rings is 1. The van der Waals surface area contributed by atoms with E-state index in [1.54, 1.807) is 6.20 Å². The number of imidazole rings is 1. The van der Waals surface area contributed by atoms with Gasteiger partial charge < -0.3 is 9.88 Å². The van der Waals surface area contributed by atoms with Crippen LogP contribution in [0.5, 0.6) is 0 Å². The van der Waals surface area contributed by atoms with Crippen molar-refractivity contribution in [2.24, 2.45) is 13.0 Å². The van der Waals surface area contributed by atoms with Crippen molar-refractivity contribution in [1.29, 1.82) is 0 Å². The van der Waals surface area contributed by atoms with Crippen molar-refractivity contribution in [1.82, 2.24) is 14.9 Å². The molecule has 5 heteroatoms. The summed E-state index contributed by atoms with van der Waals surface area (Å²) in [5.74, 6) is 0.930. The van der Waals surface area contributed by atoms with Gasteiger partial charge in [-0.05, 0) is 37.0 Å². The smallest absolute Gasteiger partial charge is 0.224 e. The van der Waals surface area contributed by atoms with Gasteiger partial charge in [0.05, 0.1) is 0 Å². The number of carbonyl (C=O) groups is 1. The van der Waals surface area contributed by atoms with Crippen molar-refractivity contribution in [3.05, 3.63) is 65.2 Å². The van der Waals surface area contributed by atoms with E-state index in [1.165, 1.54) is 0 Å². The number of carbonyl (C=O) groups excluding carboxylic acids is 1. The molecular formula is C18H20ClN3O. The lowest BCUT2D eigenvalue weighted by molar-refractivity contribution is -0.125. The molecule has 0 aliphatic heterocycles. The Morgan fingerprint density at radius 1 is 1.35 bits per heavy atom. The molecule has 0 saturated heterocycles. The monoisotopic (exact) mass is 329 g/mol. The summed E-state index contributed by atoms with van der Waals surface area (Å²) < 4.78 is 1.93. The molecule has 1 heterocycles. The third kappa shape index (κ3) is 3.64. The summed E-state index contributed by atoms with van der Waals surface area (Å²) in [5, 5.41) is 3.84. The maximum absolute atomic E-state index is 12.6. The Labute approximate surface area is 141 Å². The highest BCUT2D eigenvalue weighted by Crippen LogP contribution is 2.25. The fourth-order valence-corrected chi connectivity index (χ4v) is 3.03. The zero-order valence-corrected chi connectivity index (χ0v) is 13.8. The Bertz CT molecular complexity index is 705. The van der Waals surface area contributed by atoms with E-state index >= 15 is 0 Å². The SMILES string of the molecule is Cn1ccnc1[C@H](NC(=O)[C@H]1CC=CCC1)c1ccc(Cl)cc1. The maximum atomic E-state index is 12.6. The minimum absolute atomic E-state index is 0.0371. The highest BCUT2D eigenvalue weighted by Gasteiger charge is 2.25. The van der Waals surface area contributed by atoms with Crippen LogP contribution in [0.2, 0.25) is 5.02 Å². The molecule has 3 rings (SSSR count). The van der Waals surface area contributed by atoms with Crippen molar-refractivity contribution < 1.29 is 4.79 Å². The van der Waals surface area contributed by atoms with E-state index in [4.69, 9.17) is 11.6 Å². The average Bonchev–Trinajstić information content (AvgIpc) is 3.00. The van der Waals surface area contributed by atoms with Crippen LogP contribution in [0, 0.1) is 5.92 Å². The molecule has 2 atom stereocenters. The maximum Gasteiger partial charge on any atom is 0.224 e. The molecule has 23 heavy (non-hydrogen) atoms. The summed E-state index contributed by atoms with van der Waals surface area (Å²) in [7, 11) is 1.93. The highest BCUT2D eigenvalue weighted by atomic mass is 35.5. The number of amides is 1. The molecule has 0 unspecified atom stereocenters. The number of hydrogen-bond donors (Lipinski definition) is 1. The summed E-state index contributed by atoms with van der Waals surface area (Å²) in [5.41, 5.74) is 0.975. The molecule has 120 valence electrons. The fourth-order valence-electron chi connectivity index (χ4n) is 2.90. The lowest BCUT2D eigenvalue weighted by Crippen LogP contribution is -2.36. The zero-order valence-electron chi connectivity index (χ0n) is 13.1. The predicted octanol–water partition coefficient (Wildman–Crippen LogP) is 3.64. The van der Waals surface area contributed by atoms with Crippen molar-refractivity contribution in [2.75, 3.05) is 0 Å². The van der Waals surface area contributed by atoms with Crippen molar-refractivity contribution >= 4 is 17.5 Å². The minimum atomic E-state index is -0.273. The molecule has 4 nitrogen and oxygen atoms in total. The van der Waals surface area contributed by atoms with Crippen molar-refractivity contribution in [3.8, 4) is 0 Å². The minimum Gasteiger partial charge on any atom is -0.342 e. The lowest BCUT2D eigenvalue weighted by Gasteiger charge is -2.23. The zero-order chi connectivity index (χ0) is 16.2. The summed E-state index contributed by atoms with van der Waals surface area (Å²) in [6.45, 7) is 0. The van der Waals surface area contributed by atoms with Gasteiger partial charge in [-0.25, -0.2) is 4.98 Å². The van der Waals surface area contributed by atoms with Gasteiger partial charge in [0.25, 0.3) is 0 Å². The van der Waals surface area contributed by atoms with Gasteiger partial charge in [-0.3, -0.25) is 4.79 Å². The Kier molecular flexibility index (Phi) is 4.82. The molecule has 0 spiro atoms. The Hall–Kier alpha value is -2.07. The molecule has 0 radical (unpaired) electrons. The van der Waals surface area contributed by atoms with Gasteiger partial charge in [0.15, 0.2) is 0 Å². The van der Waals surface area contributed by atoms with Crippen LogP contribution in [0.3, 0.4) is 0 Å². The molecule has 1 aromatic heterocycles. The van der Waals surface area contributed by atoms with Crippen LogP contribution in [0.1, 0.15) is 36.7 Å². The third-order valence-electron chi connectivity index (χ3n) is 4.25. The number of aromatic nitrogens is 2. The van der Waals surface area contributed by atoms with E-state index in [0.29, 0.717) is 5.02 Å². The summed E-state index contributed by atoms with van der Waals surface area (Å²) in [4.78, 5) is 17.1. The molecule has 1 aromatic carbocycles. The third-order valence-corrected chi connectivity index (χ3v) is 4.50. The summed E-state index contributed by atoms with van der Waals surface area (Å²) >= 11 is 5.98. The Balaban J connectivity index is 1.86. The highest BCUT2D eigenvalue weighted by molar-refractivity contribution is 6.30. The number of rotatable bonds is 4. The Morgan fingerprint density at radius 2 is 2.13 bits per heavy atom. The van der Waals surface area contributed by atoms with Gasteiger partial charge >= 0.3 is 0 Å². The standard InChI is InChI=1S/C18H20ClN3O/c1-22-12-11-20-17(22)16(13-7-9-15(19)10-8-13)21-18(23)14-5-3-2-4-6-14/h2-3,7-12,14,16H,4-6H2,1H3,(H,21,23)/t14-,16+/m0/s1. The molecule has 2 aromatic rings.